The number of hydrogen-bond acceptors (Lipinski definition) is 2. The molecule has 1 aliphatic rings. The molecule has 0 bridgehead atoms. The van der Waals surface area contributed by atoms with Crippen molar-refractivity contribution in [1.29, 1.82) is 0 Å². The van der Waals surface area contributed by atoms with E-state index in [0.717, 1.165) is 12.1 Å². The predicted octanol–water partition coefficient (Wildman–Crippen LogP) is 9.59. The maximum absolute atomic E-state index is 5.06. The van der Waals surface area contributed by atoms with Gasteiger partial charge in [-0.2, -0.15) is 0 Å². The van der Waals surface area contributed by atoms with Crippen molar-refractivity contribution < 1.29 is 0 Å². The van der Waals surface area contributed by atoms with Gasteiger partial charge in [-0.1, -0.05) is 76.5 Å². The summed E-state index contributed by atoms with van der Waals surface area (Å²) in [5.41, 5.74) is 7.04. The van der Waals surface area contributed by atoms with Crippen LogP contribution in [-0.2, 0) is 0 Å². The number of aryl methyl sites for hydroxylation is 1. The molecule has 2 heteroatoms. The number of nitrogens with zero attached hydrogens (tertiary/aromatic N) is 1. The highest BCUT2D eigenvalue weighted by molar-refractivity contribution is 7.09. The first kappa shape index (κ1) is 24.0. The van der Waals surface area contributed by atoms with Crippen LogP contribution in [0.4, 0.5) is 0 Å². The SMILES string of the molecule is C=C(CCC1(/C(=C/C)c2ccccc2C)CCCC1)c1csc(C(CCC)CCC)n1. The van der Waals surface area contributed by atoms with Crippen molar-refractivity contribution in [3.63, 3.8) is 0 Å². The standard InChI is InChI=1S/C29H41NS/c1-6-13-24(14-7-2)28-30-27(21-31-28)23(5)17-20-29(18-11-12-19-29)26(8-3)25-16-10-9-15-22(25)4/h8-10,15-16,21,24H,5-7,11-14,17-20H2,1-4H3/b26-8+. The van der Waals surface area contributed by atoms with Crippen LogP contribution >= 0.6 is 11.3 Å². The second kappa shape index (κ2) is 11.3. The second-order valence-corrected chi connectivity index (χ2v) is 10.3. The summed E-state index contributed by atoms with van der Waals surface area (Å²) in [4.78, 5) is 5.06. The van der Waals surface area contributed by atoms with E-state index in [0.29, 0.717) is 5.92 Å². The Kier molecular flexibility index (Phi) is 8.72. The average Bonchev–Trinajstić information content (AvgIpc) is 3.45. The second-order valence-electron chi connectivity index (χ2n) is 9.45. The highest BCUT2D eigenvalue weighted by Gasteiger charge is 2.37. The van der Waals surface area contributed by atoms with E-state index in [4.69, 9.17) is 4.98 Å². The lowest BCUT2D eigenvalue weighted by Gasteiger charge is -2.34. The van der Waals surface area contributed by atoms with Gasteiger partial charge in [-0.25, -0.2) is 4.98 Å². The third kappa shape index (κ3) is 5.58. The number of allylic oxidation sites excluding steroid dienone is 3. The van der Waals surface area contributed by atoms with E-state index in [2.05, 4.69) is 70.0 Å². The third-order valence-electron chi connectivity index (χ3n) is 7.27. The smallest absolute Gasteiger partial charge is 0.0963 e. The normalized spacial score (nSPS) is 16.2. The molecule has 0 unspecified atom stereocenters. The van der Waals surface area contributed by atoms with Gasteiger partial charge in [0, 0.05) is 11.3 Å². The third-order valence-corrected chi connectivity index (χ3v) is 8.28. The number of aromatic nitrogens is 1. The molecule has 0 N–H and O–H groups in total. The molecule has 1 aromatic heterocycles. The monoisotopic (exact) mass is 435 g/mol. The molecule has 168 valence electrons. The summed E-state index contributed by atoms with van der Waals surface area (Å²) < 4.78 is 0. The zero-order valence-electron chi connectivity index (χ0n) is 20.2. The summed E-state index contributed by atoms with van der Waals surface area (Å²) >= 11 is 1.85. The summed E-state index contributed by atoms with van der Waals surface area (Å²) in [6.07, 6.45) is 14.8. The van der Waals surface area contributed by atoms with Gasteiger partial charge in [0.25, 0.3) is 0 Å². The van der Waals surface area contributed by atoms with Crippen LogP contribution in [0, 0.1) is 12.3 Å². The summed E-state index contributed by atoms with van der Waals surface area (Å²) in [5, 5.41) is 3.58. The highest BCUT2D eigenvalue weighted by Crippen LogP contribution is 2.52. The molecule has 0 atom stereocenters. The molecular formula is C29H41NS. The fraction of sp³-hybridized carbons (Fsp3) is 0.552. The van der Waals surface area contributed by atoms with Crippen LogP contribution < -0.4 is 0 Å². The Morgan fingerprint density at radius 1 is 1.16 bits per heavy atom. The summed E-state index contributed by atoms with van der Waals surface area (Å²) in [7, 11) is 0. The first-order valence-electron chi connectivity index (χ1n) is 12.4. The fourth-order valence-electron chi connectivity index (χ4n) is 5.57. The lowest BCUT2D eigenvalue weighted by molar-refractivity contribution is 0.386. The minimum absolute atomic E-state index is 0.287. The Balaban J connectivity index is 1.75. The van der Waals surface area contributed by atoms with E-state index in [1.165, 1.54) is 79.5 Å². The van der Waals surface area contributed by atoms with Gasteiger partial charge >= 0.3 is 0 Å². The number of hydrogen-bond donors (Lipinski definition) is 0. The maximum atomic E-state index is 5.06. The lowest BCUT2D eigenvalue weighted by atomic mass is 9.70. The molecule has 3 rings (SSSR count). The topological polar surface area (TPSA) is 12.9 Å². The molecule has 0 radical (unpaired) electrons. The summed E-state index contributed by atoms with van der Waals surface area (Å²) in [5.74, 6) is 0.624. The Morgan fingerprint density at radius 3 is 2.45 bits per heavy atom. The van der Waals surface area contributed by atoms with Crippen LogP contribution in [0.3, 0.4) is 0 Å². The van der Waals surface area contributed by atoms with Gasteiger partial charge < -0.3 is 0 Å². The minimum Gasteiger partial charge on any atom is -0.241 e. The van der Waals surface area contributed by atoms with E-state index in [1.54, 1.807) is 5.57 Å². The molecule has 0 saturated heterocycles. The molecule has 2 aromatic rings. The molecule has 0 amide bonds. The molecule has 0 aliphatic heterocycles. The van der Waals surface area contributed by atoms with Gasteiger partial charge in [-0.3, -0.25) is 0 Å². The highest BCUT2D eigenvalue weighted by atomic mass is 32.1. The molecule has 31 heavy (non-hydrogen) atoms. The molecule has 1 nitrogen and oxygen atoms in total. The van der Waals surface area contributed by atoms with Gasteiger partial charge in [-0.15, -0.1) is 11.3 Å². The van der Waals surface area contributed by atoms with Crippen molar-refractivity contribution in [2.75, 3.05) is 0 Å². The average molecular weight is 436 g/mol. The Bertz CT molecular complexity index is 876. The maximum Gasteiger partial charge on any atom is 0.0963 e. The van der Waals surface area contributed by atoms with E-state index in [9.17, 15) is 0 Å². The Labute approximate surface area is 194 Å². The number of benzene rings is 1. The van der Waals surface area contributed by atoms with Crippen LogP contribution in [0.1, 0.15) is 113 Å². The first-order valence-corrected chi connectivity index (χ1v) is 13.3. The van der Waals surface area contributed by atoms with Crippen LogP contribution in [0.5, 0.6) is 0 Å². The molecule has 1 heterocycles. The lowest BCUT2D eigenvalue weighted by Crippen LogP contribution is -2.19. The van der Waals surface area contributed by atoms with Crippen LogP contribution in [0.15, 0.2) is 42.3 Å². The molecule has 1 fully saturated rings. The van der Waals surface area contributed by atoms with Gasteiger partial charge in [0.2, 0.25) is 0 Å². The largest absolute Gasteiger partial charge is 0.241 e. The van der Waals surface area contributed by atoms with Crippen molar-refractivity contribution in [3.05, 3.63) is 64.1 Å². The van der Waals surface area contributed by atoms with Crippen LogP contribution in [0.2, 0.25) is 0 Å². The van der Waals surface area contributed by atoms with Crippen molar-refractivity contribution in [2.45, 2.75) is 97.8 Å². The molecule has 0 spiro atoms. The van der Waals surface area contributed by atoms with Crippen molar-refractivity contribution in [1.82, 2.24) is 4.98 Å². The van der Waals surface area contributed by atoms with Crippen LogP contribution in [-0.4, -0.2) is 4.98 Å². The predicted molar refractivity (Wildman–Crippen MR) is 139 cm³/mol. The Morgan fingerprint density at radius 2 is 1.84 bits per heavy atom. The quantitative estimate of drug-likeness (QED) is 0.342. The van der Waals surface area contributed by atoms with Gasteiger partial charge in [0.05, 0.1) is 10.7 Å². The van der Waals surface area contributed by atoms with E-state index >= 15 is 0 Å². The molecule has 1 aliphatic carbocycles. The summed E-state index contributed by atoms with van der Waals surface area (Å²) in [6.45, 7) is 13.5. The van der Waals surface area contributed by atoms with Crippen LogP contribution in [0.25, 0.3) is 11.1 Å². The van der Waals surface area contributed by atoms with Crippen molar-refractivity contribution in [3.8, 4) is 0 Å². The van der Waals surface area contributed by atoms with Crippen molar-refractivity contribution >= 4 is 22.5 Å². The summed E-state index contributed by atoms with van der Waals surface area (Å²) in [6, 6.07) is 8.90. The van der Waals surface area contributed by atoms with Crippen molar-refractivity contribution in [2.24, 2.45) is 5.41 Å². The molecular weight excluding hydrogens is 394 g/mol. The molecule has 1 aromatic carbocycles. The first-order chi connectivity index (χ1) is 15.0. The fourth-order valence-corrected chi connectivity index (χ4v) is 6.60. The zero-order chi connectivity index (χ0) is 22.3. The van der Waals surface area contributed by atoms with Gasteiger partial charge in [0.15, 0.2) is 0 Å². The zero-order valence-corrected chi connectivity index (χ0v) is 21.0. The molecule has 1 saturated carbocycles. The van der Waals surface area contributed by atoms with E-state index in [-0.39, 0.29) is 5.41 Å². The number of thiazole rings is 1. The van der Waals surface area contributed by atoms with E-state index < -0.39 is 0 Å². The Hall–Kier alpha value is -1.67. The van der Waals surface area contributed by atoms with Gasteiger partial charge in [0.1, 0.15) is 0 Å². The van der Waals surface area contributed by atoms with E-state index in [1.807, 2.05) is 11.3 Å². The number of rotatable bonds is 11. The van der Waals surface area contributed by atoms with Gasteiger partial charge in [-0.05, 0) is 80.1 Å². The minimum atomic E-state index is 0.287.